The molecule has 0 unspecified atom stereocenters. The Bertz CT molecular complexity index is 778. The average Bonchev–Trinajstić information content (AvgIpc) is 2.91. The lowest BCUT2D eigenvalue weighted by atomic mass is 10.1. The number of nitrogens with two attached hydrogens (primary N) is 1. The van der Waals surface area contributed by atoms with Crippen LogP contribution < -0.4 is 5.73 Å². The summed E-state index contributed by atoms with van der Waals surface area (Å²) in [4.78, 5) is 0. The van der Waals surface area contributed by atoms with Gasteiger partial charge in [0.05, 0.1) is 0 Å². The Kier molecular flexibility index (Phi) is 3.87. The van der Waals surface area contributed by atoms with Crippen molar-refractivity contribution >= 4 is 5.82 Å². The normalized spacial score (nSPS) is 10.8. The summed E-state index contributed by atoms with van der Waals surface area (Å²) >= 11 is 0. The molecule has 22 heavy (non-hydrogen) atoms. The smallest absolute Gasteiger partial charge is 0.156 e. The molecule has 0 bridgehead atoms. The van der Waals surface area contributed by atoms with Gasteiger partial charge in [0.15, 0.2) is 5.82 Å². The van der Waals surface area contributed by atoms with E-state index in [1.807, 2.05) is 12.1 Å². The van der Waals surface area contributed by atoms with E-state index in [9.17, 15) is 4.39 Å². The minimum atomic E-state index is -0.385. The fourth-order valence-electron chi connectivity index (χ4n) is 2.41. The Morgan fingerprint density at radius 1 is 1.09 bits per heavy atom. The minimum Gasteiger partial charge on any atom is -0.382 e. The van der Waals surface area contributed by atoms with E-state index in [4.69, 9.17) is 5.73 Å². The Morgan fingerprint density at radius 2 is 1.82 bits per heavy atom. The number of rotatable bonds is 4. The van der Waals surface area contributed by atoms with Crippen LogP contribution in [0.3, 0.4) is 0 Å². The highest BCUT2D eigenvalue weighted by Crippen LogP contribution is 2.26. The summed E-state index contributed by atoms with van der Waals surface area (Å²) in [6, 6.07) is 14.4. The lowest BCUT2D eigenvalue weighted by molar-refractivity contribution is 0.608. The summed E-state index contributed by atoms with van der Waals surface area (Å²) in [5.74, 6) is -0.0581. The van der Waals surface area contributed by atoms with Crippen LogP contribution in [-0.2, 0) is 6.42 Å². The molecule has 3 aromatic rings. The third-order valence-corrected chi connectivity index (χ3v) is 3.55. The zero-order valence-corrected chi connectivity index (χ0v) is 12.3. The molecular weight excluding hydrogens is 279 g/mol. The van der Waals surface area contributed by atoms with E-state index >= 15 is 0 Å². The maximum absolute atomic E-state index is 13.9. The van der Waals surface area contributed by atoms with Crippen molar-refractivity contribution in [2.24, 2.45) is 0 Å². The van der Waals surface area contributed by atoms with Gasteiger partial charge in [-0.25, -0.2) is 4.39 Å². The topological polar surface area (TPSA) is 56.7 Å². The van der Waals surface area contributed by atoms with Crippen molar-refractivity contribution in [3.8, 4) is 16.9 Å². The first-order valence-electron chi connectivity index (χ1n) is 7.26. The van der Waals surface area contributed by atoms with Crippen LogP contribution in [0, 0.1) is 5.82 Å². The van der Waals surface area contributed by atoms with E-state index in [2.05, 4.69) is 29.4 Å². The number of hydrogen-bond donors (Lipinski definition) is 1. The molecule has 0 spiro atoms. The molecule has 2 N–H and O–H groups in total. The van der Waals surface area contributed by atoms with Crippen molar-refractivity contribution in [1.82, 2.24) is 15.0 Å². The van der Waals surface area contributed by atoms with E-state index in [1.54, 1.807) is 18.2 Å². The lowest BCUT2D eigenvalue weighted by Gasteiger charge is -2.05. The molecule has 0 radical (unpaired) electrons. The summed E-state index contributed by atoms with van der Waals surface area (Å²) in [5.41, 5.74) is 9.10. The predicted molar refractivity (Wildman–Crippen MR) is 85.2 cm³/mol. The second kappa shape index (κ2) is 5.97. The molecule has 3 rings (SSSR count). The van der Waals surface area contributed by atoms with Crippen molar-refractivity contribution in [3.05, 3.63) is 59.9 Å². The number of aryl methyl sites for hydroxylation is 1. The first kappa shape index (κ1) is 14.3. The van der Waals surface area contributed by atoms with Gasteiger partial charge < -0.3 is 5.73 Å². The molecule has 4 nitrogen and oxygen atoms in total. The summed E-state index contributed by atoms with van der Waals surface area (Å²) in [6.07, 6.45) is 2.14. The van der Waals surface area contributed by atoms with Gasteiger partial charge >= 0.3 is 0 Å². The molecule has 0 fully saturated rings. The first-order valence-corrected chi connectivity index (χ1v) is 7.26. The van der Waals surface area contributed by atoms with E-state index in [0.29, 0.717) is 17.2 Å². The Balaban J connectivity index is 1.98. The molecule has 0 atom stereocenters. The van der Waals surface area contributed by atoms with Crippen molar-refractivity contribution < 1.29 is 4.39 Å². The molecule has 112 valence electrons. The second-order valence-corrected chi connectivity index (χ2v) is 5.13. The highest BCUT2D eigenvalue weighted by Gasteiger charge is 2.15. The minimum absolute atomic E-state index is 0.293. The second-order valence-electron chi connectivity index (χ2n) is 5.13. The molecule has 0 saturated carbocycles. The molecule has 0 aliphatic rings. The van der Waals surface area contributed by atoms with Crippen LogP contribution in [0.5, 0.6) is 0 Å². The number of nitrogens with zero attached hydrogens (tertiary/aromatic N) is 3. The van der Waals surface area contributed by atoms with E-state index in [-0.39, 0.29) is 5.82 Å². The summed E-state index contributed by atoms with van der Waals surface area (Å²) in [7, 11) is 0. The van der Waals surface area contributed by atoms with Crippen LogP contribution in [0.15, 0.2) is 48.5 Å². The molecule has 5 heteroatoms. The SMILES string of the molecule is CCCc1ccc(-c2nnn(-c3ccccc3F)c2N)cc1. The number of aromatic nitrogens is 3. The maximum atomic E-state index is 13.9. The molecule has 0 saturated heterocycles. The van der Waals surface area contributed by atoms with Gasteiger partial charge in [-0.15, -0.1) is 5.10 Å². The molecular formula is C17H17FN4. The van der Waals surface area contributed by atoms with Crippen LogP contribution >= 0.6 is 0 Å². The molecule has 1 aromatic heterocycles. The van der Waals surface area contributed by atoms with Gasteiger partial charge in [0.2, 0.25) is 0 Å². The lowest BCUT2D eigenvalue weighted by Crippen LogP contribution is -2.04. The van der Waals surface area contributed by atoms with Crippen molar-refractivity contribution in [1.29, 1.82) is 0 Å². The van der Waals surface area contributed by atoms with Gasteiger partial charge in [-0.2, -0.15) is 4.68 Å². The summed E-state index contributed by atoms with van der Waals surface area (Å²) in [5, 5.41) is 8.08. The largest absolute Gasteiger partial charge is 0.382 e. The van der Waals surface area contributed by atoms with Gasteiger partial charge in [-0.1, -0.05) is 55.0 Å². The van der Waals surface area contributed by atoms with Gasteiger partial charge in [0, 0.05) is 5.56 Å². The van der Waals surface area contributed by atoms with Gasteiger partial charge in [0.1, 0.15) is 17.2 Å². The fourth-order valence-corrected chi connectivity index (χ4v) is 2.41. The molecule has 0 aliphatic carbocycles. The molecule has 2 aromatic carbocycles. The van der Waals surface area contributed by atoms with Gasteiger partial charge in [-0.05, 0) is 24.1 Å². The zero-order valence-electron chi connectivity index (χ0n) is 12.3. The number of benzene rings is 2. The molecule has 0 amide bonds. The van der Waals surface area contributed by atoms with E-state index < -0.39 is 0 Å². The summed E-state index contributed by atoms with van der Waals surface area (Å²) < 4.78 is 15.2. The number of para-hydroxylation sites is 1. The first-order chi connectivity index (χ1) is 10.7. The highest BCUT2D eigenvalue weighted by atomic mass is 19.1. The molecule has 1 heterocycles. The number of anilines is 1. The molecule has 0 aliphatic heterocycles. The number of hydrogen-bond acceptors (Lipinski definition) is 3. The van der Waals surface area contributed by atoms with Gasteiger partial charge in [-0.3, -0.25) is 0 Å². The number of nitrogen functional groups attached to an aromatic ring is 1. The van der Waals surface area contributed by atoms with E-state index in [0.717, 1.165) is 18.4 Å². The third-order valence-electron chi connectivity index (χ3n) is 3.55. The Labute approximate surface area is 128 Å². The van der Waals surface area contributed by atoms with Crippen molar-refractivity contribution in [3.63, 3.8) is 0 Å². The van der Waals surface area contributed by atoms with Crippen LogP contribution in [0.2, 0.25) is 0 Å². The highest BCUT2D eigenvalue weighted by molar-refractivity contribution is 5.71. The summed E-state index contributed by atoms with van der Waals surface area (Å²) in [6.45, 7) is 2.14. The van der Waals surface area contributed by atoms with Gasteiger partial charge in [0.25, 0.3) is 0 Å². The van der Waals surface area contributed by atoms with Crippen molar-refractivity contribution in [2.45, 2.75) is 19.8 Å². The monoisotopic (exact) mass is 296 g/mol. The maximum Gasteiger partial charge on any atom is 0.156 e. The zero-order chi connectivity index (χ0) is 15.5. The van der Waals surface area contributed by atoms with E-state index in [1.165, 1.54) is 16.3 Å². The van der Waals surface area contributed by atoms with Crippen LogP contribution in [0.4, 0.5) is 10.2 Å². The third kappa shape index (κ3) is 2.57. The quantitative estimate of drug-likeness (QED) is 0.800. The van der Waals surface area contributed by atoms with Crippen molar-refractivity contribution in [2.75, 3.05) is 5.73 Å². The Morgan fingerprint density at radius 3 is 2.50 bits per heavy atom. The fraction of sp³-hybridized carbons (Fsp3) is 0.176. The number of halogens is 1. The average molecular weight is 296 g/mol. The van der Waals surface area contributed by atoms with Crippen LogP contribution in [0.1, 0.15) is 18.9 Å². The Hall–Kier alpha value is -2.69. The van der Waals surface area contributed by atoms with Crippen LogP contribution in [0.25, 0.3) is 16.9 Å². The predicted octanol–water partition coefficient (Wildman–Crippen LogP) is 3.61. The standard InChI is InChI=1S/C17H17FN4/c1-2-5-12-8-10-13(11-9-12)16-17(19)22(21-20-16)15-7-4-3-6-14(15)18/h3-4,6-11H,2,5,19H2,1H3. The van der Waals surface area contributed by atoms with Crippen LogP contribution in [-0.4, -0.2) is 15.0 Å².